The van der Waals surface area contributed by atoms with Gasteiger partial charge in [-0.3, -0.25) is 4.57 Å². The molecular weight excluding hydrogens is 252 g/mol. The van der Waals surface area contributed by atoms with E-state index in [1.807, 2.05) is 0 Å². The molecule has 1 aliphatic heterocycles. The summed E-state index contributed by atoms with van der Waals surface area (Å²) in [5, 5.41) is 3.19. The van der Waals surface area contributed by atoms with Gasteiger partial charge in [-0.2, -0.15) is 0 Å². The van der Waals surface area contributed by atoms with E-state index in [-0.39, 0.29) is 11.8 Å². The van der Waals surface area contributed by atoms with E-state index in [2.05, 4.69) is 10.3 Å². The summed E-state index contributed by atoms with van der Waals surface area (Å²) in [5.41, 5.74) is 0.846. The van der Waals surface area contributed by atoms with Crippen LogP contribution in [0.25, 0.3) is 5.69 Å². The molecule has 0 radical (unpaired) electrons. The van der Waals surface area contributed by atoms with Crippen LogP contribution in [0.15, 0.2) is 30.7 Å². The predicted molar refractivity (Wildman–Crippen MR) is 65.0 cm³/mol. The van der Waals surface area contributed by atoms with Crippen molar-refractivity contribution in [3.63, 3.8) is 0 Å². The lowest BCUT2D eigenvalue weighted by Gasteiger charge is -2.24. The second-order valence-corrected chi connectivity index (χ2v) is 4.35. The summed E-state index contributed by atoms with van der Waals surface area (Å²) in [5.74, 6) is -0.983. The van der Waals surface area contributed by atoms with Crippen molar-refractivity contribution in [3.05, 3.63) is 48.1 Å². The van der Waals surface area contributed by atoms with Crippen LogP contribution in [-0.4, -0.2) is 29.2 Å². The first-order chi connectivity index (χ1) is 9.25. The van der Waals surface area contributed by atoms with E-state index in [9.17, 15) is 8.78 Å². The largest absolute Gasteiger partial charge is 0.369 e. The van der Waals surface area contributed by atoms with Gasteiger partial charge in [-0.1, -0.05) is 0 Å². The van der Waals surface area contributed by atoms with Crippen molar-refractivity contribution < 1.29 is 13.5 Å². The number of aromatic nitrogens is 2. The minimum absolute atomic E-state index is 0.140. The third kappa shape index (κ3) is 2.36. The average molecular weight is 265 g/mol. The molecule has 0 spiro atoms. The topological polar surface area (TPSA) is 39.1 Å². The number of hydrogen-bond acceptors (Lipinski definition) is 3. The van der Waals surface area contributed by atoms with Crippen LogP contribution in [0.3, 0.4) is 0 Å². The number of ether oxygens (including phenoxy) is 1. The van der Waals surface area contributed by atoms with Gasteiger partial charge in [0.1, 0.15) is 17.7 Å². The molecular formula is C13H13F2N3O. The van der Waals surface area contributed by atoms with E-state index in [1.165, 1.54) is 10.9 Å². The Hall–Kier alpha value is -1.79. The molecule has 3 rings (SSSR count). The van der Waals surface area contributed by atoms with Crippen molar-refractivity contribution >= 4 is 0 Å². The Morgan fingerprint density at radius 2 is 2.26 bits per heavy atom. The van der Waals surface area contributed by atoms with E-state index in [0.29, 0.717) is 18.8 Å². The van der Waals surface area contributed by atoms with E-state index in [1.54, 1.807) is 6.20 Å². The SMILES string of the molecule is Fc1ccc(F)c(-n2cncc2C2CNCCO2)c1. The molecule has 2 heterocycles. The smallest absolute Gasteiger partial charge is 0.147 e. The second-order valence-electron chi connectivity index (χ2n) is 4.35. The fourth-order valence-electron chi connectivity index (χ4n) is 2.17. The quantitative estimate of drug-likeness (QED) is 0.900. The lowest BCUT2D eigenvalue weighted by molar-refractivity contribution is 0.0240. The third-order valence-corrected chi connectivity index (χ3v) is 3.09. The fourth-order valence-corrected chi connectivity index (χ4v) is 2.17. The fraction of sp³-hybridized carbons (Fsp3) is 0.308. The van der Waals surface area contributed by atoms with Crippen molar-refractivity contribution in [2.45, 2.75) is 6.10 Å². The zero-order chi connectivity index (χ0) is 13.2. The monoisotopic (exact) mass is 265 g/mol. The molecule has 0 aliphatic carbocycles. The van der Waals surface area contributed by atoms with Gasteiger partial charge in [0.15, 0.2) is 0 Å². The summed E-state index contributed by atoms with van der Waals surface area (Å²) in [6.07, 6.45) is 2.87. The lowest BCUT2D eigenvalue weighted by atomic mass is 10.2. The highest BCUT2D eigenvalue weighted by Gasteiger charge is 2.21. The first-order valence-electron chi connectivity index (χ1n) is 6.05. The molecule has 1 unspecified atom stereocenters. The Bertz CT molecular complexity index is 579. The van der Waals surface area contributed by atoms with Gasteiger partial charge >= 0.3 is 0 Å². The predicted octanol–water partition coefficient (Wildman–Crippen LogP) is 1.81. The van der Waals surface area contributed by atoms with Crippen molar-refractivity contribution in [2.24, 2.45) is 0 Å². The minimum atomic E-state index is -0.496. The van der Waals surface area contributed by atoms with Gasteiger partial charge in [-0.05, 0) is 12.1 Å². The standard InChI is InChI=1S/C13H13F2N3O/c14-9-1-2-10(15)11(5-9)18-8-17-6-12(18)13-7-16-3-4-19-13/h1-2,5-6,8,13,16H,3-4,7H2. The maximum absolute atomic E-state index is 13.8. The molecule has 1 aliphatic rings. The Kier molecular flexibility index (Phi) is 3.27. The van der Waals surface area contributed by atoms with Crippen LogP contribution < -0.4 is 5.32 Å². The molecule has 19 heavy (non-hydrogen) atoms. The molecule has 4 nitrogen and oxygen atoms in total. The summed E-state index contributed by atoms with van der Waals surface area (Å²) in [4.78, 5) is 4.01. The van der Waals surface area contributed by atoms with E-state index in [0.717, 1.165) is 24.7 Å². The molecule has 1 aromatic heterocycles. The van der Waals surface area contributed by atoms with Crippen molar-refractivity contribution in [3.8, 4) is 5.69 Å². The number of rotatable bonds is 2. The van der Waals surface area contributed by atoms with Crippen LogP contribution in [0, 0.1) is 11.6 Å². The summed E-state index contributed by atoms with van der Waals surface area (Å²) in [6, 6.07) is 3.35. The Morgan fingerprint density at radius 1 is 1.37 bits per heavy atom. The molecule has 0 amide bonds. The van der Waals surface area contributed by atoms with Gasteiger partial charge in [0.2, 0.25) is 0 Å². The molecule has 1 fully saturated rings. The minimum Gasteiger partial charge on any atom is -0.369 e. The van der Waals surface area contributed by atoms with Gasteiger partial charge in [0, 0.05) is 19.2 Å². The van der Waals surface area contributed by atoms with Gasteiger partial charge in [0.25, 0.3) is 0 Å². The highest BCUT2D eigenvalue weighted by Crippen LogP contribution is 2.23. The molecule has 1 N–H and O–H groups in total. The van der Waals surface area contributed by atoms with Crippen LogP contribution in [0.5, 0.6) is 0 Å². The number of nitrogens with one attached hydrogen (secondary N) is 1. The number of benzene rings is 1. The molecule has 0 saturated carbocycles. The normalized spacial score (nSPS) is 19.6. The molecule has 0 bridgehead atoms. The van der Waals surface area contributed by atoms with E-state index < -0.39 is 11.6 Å². The van der Waals surface area contributed by atoms with Crippen molar-refractivity contribution in [1.82, 2.24) is 14.9 Å². The number of imidazole rings is 1. The Balaban J connectivity index is 2.01. The van der Waals surface area contributed by atoms with Crippen LogP contribution in [0.1, 0.15) is 11.8 Å². The third-order valence-electron chi connectivity index (χ3n) is 3.09. The highest BCUT2D eigenvalue weighted by molar-refractivity contribution is 5.36. The van der Waals surface area contributed by atoms with Crippen LogP contribution in [-0.2, 0) is 4.74 Å². The maximum atomic E-state index is 13.8. The van der Waals surface area contributed by atoms with Crippen LogP contribution in [0.2, 0.25) is 0 Å². The number of hydrogen-bond donors (Lipinski definition) is 1. The molecule has 2 aromatic rings. The second kappa shape index (κ2) is 5.07. The summed E-state index contributed by atoms with van der Waals surface area (Å²) in [6.45, 7) is 2.00. The zero-order valence-electron chi connectivity index (χ0n) is 10.1. The average Bonchev–Trinajstić information content (AvgIpc) is 2.91. The van der Waals surface area contributed by atoms with Crippen molar-refractivity contribution in [1.29, 1.82) is 0 Å². The van der Waals surface area contributed by atoms with E-state index in [4.69, 9.17) is 4.74 Å². The van der Waals surface area contributed by atoms with Crippen LogP contribution >= 0.6 is 0 Å². The Morgan fingerprint density at radius 3 is 3.05 bits per heavy atom. The first-order valence-corrected chi connectivity index (χ1v) is 6.05. The molecule has 1 atom stereocenters. The summed E-state index contributed by atoms with van der Waals surface area (Å²) < 4.78 is 34.2. The zero-order valence-corrected chi connectivity index (χ0v) is 10.1. The lowest BCUT2D eigenvalue weighted by Crippen LogP contribution is -2.34. The molecule has 100 valence electrons. The van der Waals surface area contributed by atoms with Gasteiger partial charge in [-0.15, -0.1) is 0 Å². The molecule has 6 heteroatoms. The van der Waals surface area contributed by atoms with Gasteiger partial charge in [0.05, 0.1) is 30.5 Å². The molecule has 1 saturated heterocycles. The highest BCUT2D eigenvalue weighted by atomic mass is 19.1. The van der Waals surface area contributed by atoms with E-state index >= 15 is 0 Å². The first kappa shape index (κ1) is 12.3. The van der Waals surface area contributed by atoms with Crippen LogP contribution in [0.4, 0.5) is 8.78 Å². The summed E-state index contributed by atoms with van der Waals surface area (Å²) >= 11 is 0. The van der Waals surface area contributed by atoms with Gasteiger partial charge < -0.3 is 10.1 Å². The number of morpholine rings is 1. The number of halogens is 2. The number of nitrogens with zero attached hydrogens (tertiary/aromatic N) is 2. The van der Waals surface area contributed by atoms with Gasteiger partial charge in [-0.25, -0.2) is 13.8 Å². The molecule has 1 aromatic carbocycles. The van der Waals surface area contributed by atoms with Crippen molar-refractivity contribution in [2.75, 3.05) is 19.7 Å². The Labute approximate surface area is 109 Å². The maximum Gasteiger partial charge on any atom is 0.147 e. The summed E-state index contributed by atoms with van der Waals surface area (Å²) in [7, 11) is 0.